The van der Waals surface area contributed by atoms with Crippen LogP contribution in [0.3, 0.4) is 0 Å². The molecule has 3 rings (SSSR count). The number of thiocarbonyl (C=S) groups is 1. The zero-order chi connectivity index (χ0) is 20.4. The maximum absolute atomic E-state index is 12.4. The summed E-state index contributed by atoms with van der Waals surface area (Å²) in [6, 6.07) is 10.7. The van der Waals surface area contributed by atoms with Crippen LogP contribution < -0.4 is 10.6 Å². The van der Waals surface area contributed by atoms with Crippen LogP contribution in [0.25, 0.3) is 11.3 Å². The van der Waals surface area contributed by atoms with Crippen molar-refractivity contribution in [3.63, 3.8) is 0 Å². The van der Waals surface area contributed by atoms with E-state index < -0.39 is 5.91 Å². The SMILES string of the molecule is O=C(NC(=S)Nc1cc(Cl)cc(Cl)c1O)c1ccc(-c2cc(Cl)ccc2Cl)o1. The molecule has 0 spiro atoms. The highest BCUT2D eigenvalue weighted by Gasteiger charge is 2.16. The molecule has 5 nitrogen and oxygen atoms in total. The van der Waals surface area contributed by atoms with Gasteiger partial charge in [-0.2, -0.15) is 0 Å². The number of phenols is 1. The van der Waals surface area contributed by atoms with E-state index in [-0.39, 0.29) is 32.4 Å². The molecule has 0 unspecified atom stereocenters. The number of amides is 1. The first-order valence-corrected chi connectivity index (χ1v) is 9.52. The molecule has 0 aliphatic carbocycles. The lowest BCUT2D eigenvalue weighted by Gasteiger charge is -2.11. The fourth-order valence-corrected chi connectivity index (χ4v) is 3.35. The fourth-order valence-electron chi connectivity index (χ4n) is 2.27. The molecule has 0 saturated carbocycles. The van der Waals surface area contributed by atoms with E-state index in [2.05, 4.69) is 10.6 Å². The number of anilines is 1. The topological polar surface area (TPSA) is 74.5 Å². The zero-order valence-corrected chi connectivity index (χ0v) is 17.6. The largest absolute Gasteiger partial charge is 0.504 e. The molecule has 1 amide bonds. The number of benzene rings is 2. The van der Waals surface area contributed by atoms with Gasteiger partial charge in [0, 0.05) is 15.6 Å². The van der Waals surface area contributed by atoms with Crippen LogP contribution in [0.2, 0.25) is 20.1 Å². The molecule has 0 bridgehead atoms. The number of furan rings is 1. The number of hydrogen-bond donors (Lipinski definition) is 3. The van der Waals surface area contributed by atoms with E-state index in [1.165, 1.54) is 18.2 Å². The Labute approximate surface area is 185 Å². The summed E-state index contributed by atoms with van der Waals surface area (Å²) in [5.41, 5.74) is 0.695. The molecule has 0 fully saturated rings. The minimum Gasteiger partial charge on any atom is -0.504 e. The van der Waals surface area contributed by atoms with Crippen molar-refractivity contribution in [3.05, 3.63) is 68.3 Å². The van der Waals surface area contributed by atoms with Gasteiger partial charge in [-0.3, -0.25) is 10.1 Å². The van der Waals surface area contributed by atoms with Crippen LogP contribution in [0.4, 0.5) is 5.69 Å². The second-order valence-electron chi connectivity index (χ2n) is 5.48. The summed E-state index contributed by atoms with van der Waals surface area (Å²) in [5, 5.41) is 16.2. The highest BCUT2D eigenvalue weighted by atomic mass is 35.5. The Bertz CT molecular complexity index is 1080. The van der Waals surface area contributed by atoms with E-state index in [1.807, 2.05) is 0 Å². The normalized spacial score (nSPS) is 10.6. The van der Waals surface area contributed by atoms with Gasteiger partial charge in [-0.15, -0.1) is 0 Å². The van der Waals surface area contributed by atoms with E-state index in [1.54, 1.807) is 24.3 Å². The average molecular weight is 476 g/mol. The Balaban J connectivity index is 1.73. The minimum atomic E-state index is -0.602. The molecule has 144 valence electrons. The van der Waals surface area contributed by atoms with Crippen LogP contribution in [-0.4, -0.2) is 16.1 Å². The summed E-state index contributed by atoms with van der Waals surface area (Å²) in [6.45, 7) is 0. The predicted molar refractivity (Wildman–Crippen MR) is 116 cm³/mol. The van der Waals surface area contributed by atoms with Crippen LogP contribution in [0.5, 0.6) is 5.75 Å². The number of rotatable bonds is 3. The molecule has 0 aliphatic heterocycles. The molecular weight excluding hydrogens is 466 g/mol. The van der Waals surface area contributed by atoms with Crippen LogP contribution in [0, 0.1) is 0 Å². The van der Waals surface area contributed by atoms with Crippen molar-refractivity contribution in [1.82, 2.24) is 5.32 Å². The van der Waals surface area contributed by atoms with Gasteiger partial charge in [0.25, 0.3) is 5.91 Å². The van der Waals surface area contributed by atoms with Gasteiger partial charge < -0.3 is 14.8 Å². The lowest BCUT2D eigenvalue weighted by Crippen LogP contribution is -2.33. The van der Waals surface area contributed by atoms with Gasteiger partial charge in [0.15, 0.2) is 16.6 Å². The van der Waals surface area contributed by atoms with Crippen molar-refractivity contribution in [2.45, 2.75) is 0 Å². The number of nitrogens with one attached hydrogen (secondary N) is 2. The third-order valence-electron chi connectivity index (χ3n) is 3.53. The second kappa shape index (κ2) is 8.59. The standard InChI is InChI=1S/C18H10Cl4N2O3S/c19-8-1-2-11(21)10(5-8)14-3-4-15(27-14)17(26)24-18(28)23-13-7-9(20)6-12(22)16(13)25/h1-7,25H,(H2,23,24,26,28). The van der Waals surface area contributed by atoms with Crippen molar-refractivity contribution >= 4 is 75.3 Å². The second-order valence-corrected chi connectivity index (χ2v) is 7.58. The number of halogens is 4. The zero-order valence-electron chi connectivity index (χ0n) is 13.7. The Morgan fingerprint density at radius 3 is 2.46 bits per heavy atom. The summed E-state index contributed by atoms with van der Waals surface area (Å²) < 4.78 is 5.55. The Morgan fingerprint density at radius 1 is 0.964 bits per heavy atom. The molecule has 3 aromatic rings. The Morgan fingerprint density at radius 2 is 1.71 bits per heavy atom. The number of carbonyl (C=O) groups excluding carboxylic acids is 1. The molecule has 2 aromatic carbocycles. The quantitative estimate of drug-likeness (QED) is 0.302. The highest BCUT2D eigenvalue weighted by molar-refractivity contribution is 7.80. The van der Waals surface area contributed by atoms with Crippen LogP contribution >= 0.6 is 58.6 Å². The summed E-state index contributed by atoms with van der Waals surface area (Å²) >= 11 is 28.9. The lowest BCUT2D eigenvalue weighted by molar-refractivity contribution is 0.0951. The van der Waals surface area contributed by atoms with E-state index in [0.717, 1.165) is 0 Å². The van der Waals surface area contributed by atoms with Crippen molar-refractivity contribution in [2.24, 2.45) is 0 Å². The summed E-state index contributed by atoms with van der Waals surface area (Å²) in [4.78, 5) is 12.4. The average Bonchev–Trinajstić information content (AvgIpc) is 3.11. The Hall–Kier alpha value is -1.96. The first-order valence-electron chi connectivity index (χ1n) is 7.60. The maximum Gasteiger partial charge on any atom is 0.293 e. The number of phenolic OH excluding ortho intramolecular Hbond substituents is 1. The first kappa shape index (κ1) is 20.8. The summed E-state index contributed by atoms with van der Waals surface area (Å²) in [5.74, 6) is -0.479. The van der Waals surface area contributed by atoms with E-state index in [4.69, 9.17) is 63.0 Å². The molecule has 1 heterocycles. The van der Waals surface area contributed by atoms with Crippen LogP contribution in [-0.2, 0) is 0 Å². The number of hydrogen-bond acceptors (Lipinski definition) is 4. The van der Waals surface area contributed by atoms with Gasteiger partial charge in [0.1, 0.15) is 5.76 Å². The van der Waals surface area contributed by atoms with Crippen molar-refractivity contribution in [1.29, 1.82) is 0 Å². The molecule has 1 aromatic heterocycles. The smallest absolute Gasteiger partial charge is 0.293 e. The van der Waals surface area contributed by atoms with Gasteiger partial charge in [-0.25, -0.2) is 0 Å². The van der Waals surface area contributed by atoms with Crippen LogP contribution in [0.1, 0.15) is 10.6 Å². The summed E-state index contributed by atoms with van der Waals surface area (Å²) in [6.07, 6.45) is 0. The number of aromatic hydroxyl groups is 1. The molecular formula is C18H10Cl4N2O3S. The van der Waals surface area contributed by atoms with Gasteiger partial charge >= 0.3 is 0 Å². The minimum absolute atomic E-state index is 0.00328. The molecule has 0 saturated heterocycles. The highest BCUT2D eigenvalue weighted by Crippen LogP contribution is 2.35. The first-order chi connectivity index (χ1) is 13.2. The fraction of sp³-hybridized carbons (Fsp3) is 0. The van der Waals surface area contributed by atoms with Gasteiger partial charge in [0.05, 0.1) is 15.7 Å². The molecule has 28 heavy (non-hydrogen) atoms. The van der Waals surface area contributed by atoms with Gasteiger partial charge in [-0.05, 0) is 54.7 Å². The molecule has 0 radical (unpaired) electrons. The lowest BCUT2D eigenvalue weighted by atomic mass is 10.2. The third-order valence-corrected chi connectivity index (χ3v) is 4.80. The van der Waals surface area contributed by atoms with Crippen molar-refractivity contribution in [3.8, 4) is 17.1 Å². The van der Waals surface area contributed by atoms with Gasteiger partial charge in [0.2, 0.25) is 0 Å². The monoisotopic (exact) mass is 474 g/mol. The van der Waals surface area contributed by atoms with Gasteiger partial charge in [-0.1, -0.05) is 46.4 Å². The van der Waals surface area contributed by atoms with Crippen LogP contribution in [0.15, 0.2) is 46.9 Å². The van der Waals surface area contributed by atoms with Crippen molar-refractivity contribution in [2.75, 3.05) is 5.32 Å². The molecule has 10 heteroatoms. The molecule has 0 atom stereocenters. The predicted octanol–water partition coefficient (Wildman–Crippen LogP) is 6.39. The van der Waals surface area contributed by atoms with E-state index >= 15 is 0 Å². The van der Waals surface area contributed by atoms with E-state index in [0.29, 0.717) is 21.4 Å². The number of carbonyl (C=O) groups is 1. The van der Waals surface area contributed by atoms with Crippen molar-refractivity contribution < 1.29 is 14.3 Å². The molecule has 3 N–H and O–H groups in total. The molecule has 0 aliphatic rings. The Kier molecular flexibility index (Phi) is 6.37. The van der Waals surface area contributed by atoms with E-state index in [9.17, 15) is 9.90 Å². The summed E-state index contributed by atoms with van der Waals surface area (Å²) in [7, 11) is 0. The maximum atomic E-state index is 12.4. The third kappa shape index (κ3) is 4.71.